The molecule has 0 saturated carbocycles. The summed E-state index contributed by atoms with van der Waals surface area (Å²) in [6.45, 7) is 0. The molecular weight excluding hydrogens is 551 g/mol. The molecule has 0 fully saturated rings. The Morgan fingerprint density at radius 3 is 1.32 bits per heavy atom. The molecule has 1 N–H and O–H groups in total. The predicted molar refractivity (Wildman–Crippen MR) is 137 cm³/mol. The molecule has 200 valence electrons. The maximum Gasteiger partial charge on any atom is 0.273 e. The van der Waals surface area contributed by atoms with Gasteiger partial charge >= 0.3 is 0 Å². The summed E-state index contributed by atoms with van der Waals surface area (Å²) in [6, 6.07) is 0. The highest BCUT2D eigenvalue weighted by molar-refractivity contribution is 6.67. The van der Waals surface area contributed by atoms with E-state index in [0.29, 0.717) is 17.3 Å². The second-order valence-corrected chi connectivity index (χ2v) is 7.68. The number of hydrogen-bond donors (Lipinski definition) is 1. The van der Waals surface area contributed by atoms with Crippen molar-refractivity contribution in [1.82, 2.24) is 39.7 Å². The molecule has 16 heteroatoms. The van der Waals surface area contributed by atoms with Gasteiger partial charge in [-0.1, -0.05) is 23.2 Å². The van der Waals surface area contributed by atoms with Gasteiger partial charge in [0.15, 0.2) is 0 Å². The van der Waals surface area contributed by atoms with E-state index in [1.807, 2.05) is 0 Å². The fourth-order valence-corrected chi connectivity index (χ4v) is 2.12. The Labute approximate surface area is 228 Å². The van der Waals surface area contributed by atoms with Gasteiger partial charge in [0.25, 0.3) is 17.1 Å². The van der Waals surface area contributed by atoms with Crippen LogP contribution in [-0.2, 0) is 0 Å². The van der Waals surface area contributed by atoms with Gasteiger partial charge < -0.3 is 19.6 Å². The first kappa shape index (κ1) is 33.5. The Balaban J connectivity index is 0.000000511. The number of aliphatic hydroxyl groups is 1. The number of nitrogens with zero attached hydrogens (tertiary/aromatic N) is 8. The zero-order valence-corrected chi connectivity index (χ0v) is 23.0. The minimum atomic E-state index is -0.635. The minimum Gasteiger partial charge on any atom is -0.480 e. The van der Waals surface area contributed by atoms with Crippen LogP contribution in [0.25, 0.3) is 0 Å². The van der Waals surface area contributed by atoms with Crippen molar-refractivity contribution in [2.24, 2.45) is 0 Å². The van der Waals surface area contributed by atoms with Gasteiger partial charge in [-0.05, 0) is 11.6 Å². The molecule has 0 atom stereocenters. The quantitative estimate of drug-likeness (QED) is 0.453. The molecule has 0 spiro atoms. The Hall–Kier alpha value is -3.52. The van der Waals surface area contributed by atoms with Crippen molar-refractivity contribution in [2.75, 3.05) is 42.4 Å². The van der Waals surface area contributed by atoms with Crippen LogP contribution < -0.4 is 4.74 Å². The van der Waals surface area contributed by atoms with Crippen molar-refractivity contribution in [2.45, 2.75) is 0 Å². The Bertz CT molecular complexity index is 1120. The highest BCUT2D eigenvalue weighted by Gasteiger charge is 2.10. The van der Waals surface area contributed by atoms with Gasteiger partial charge in [-0.3, -0.25) is 14.4 Å². The summed E-state index contributed by atoms with van der Waals surface area (Å²) in [5, 5.41) is 6.89. The highest BCUT2D eigenvalue weighted by Crippen LogP contribution is 2.04. The van der Waals surface area contributed by atoms with E-state index in [9.17, 15) is 14.4 Å². The molecule has 3 heterocycles. The van der Waals surface area contributed by atoms with Gasteiger partial charge in [-0.15, -0.1) is 0 Å². The van der Waals surface area contributed by atoms with Gasteiger partial charge in [0.05, 0.1) is 44.3 Å². The number of carbonyl (C=O) groups excluding carboxylic acids is 3. The number of ether oxygens (including phenoxy) is 1. The largest absolute Gasteiger partial charge is 0.480 e. The van der Waals surface area contributed by atoms with Crippen LogP contribution in [0, 0.1) is 0 Å². The van der Waals surface area contributed by atoms with Gasteiger partial charge in [-0.2, -0.15) is 0 Å². The fourth-order valence-electron chi connectivity index (χ4n) is 1.83. The van der Waals surface area contributed by atoms with Crippen LogP contribution in [0.4, 0.5) is 0 Å². The predicted octanol–water partition coefficient (Wildman–Crippen LogP) is 2.14. The molecule has 0 aliphatic rings. The third-order valence-corrected chi connectivity index (χ3v) is 4.11. The van der Waals surface area contributed by atoms with Crippen molar-refractivity contribution < 1.29 is 24.2 Å². The number of aromatic nitrogens is 6. The highest BCUT2D eigenvalue weighted by atomic mass is 35.5. The molecule has 13 nitrogen and oxygen atoms in total. The second-order valence-electron chi connectivity index (χ2n) is 6.57. The summed E-state index contributed by atoms with van der Waals surface area (Å²) in [6.07, 6.45) is 7.98. The van der Waals surface area contributed by atoms with Gasteiger partial charge in [-0.25, -0.2) is 29.9 Å². The summed E-state index contributed by atoms with van der Waals surface area (Å²) < 4.78 is 4.81. The molecule has 0 aromatic carbocycles. The first-order chi connectivity index (χ1) is 17.5. The second kappa shape index (κ2) is 17.8. The molecule has 0 saturated heterocycles. The molecule has 2 amide bonds. The van der Waals surface area contributed by atoms with Crippen LogP contribution in [0.5, 0.6) is 5.88 Å². The molecule has 0 aliphatic carbocycles. The molecule has 3 rings (SSSR count). The number of aliphatic hydroxyl groups excluding tert-OH is 1. The molecular formula is C21H25Cl3N8O5. The van der Waals surface area contributed by atoms with Gasteiger partial charge in [0.2, 0.25) is 5.88 Å². The van der Waals surface area contributed by atoms with Crippen LogP contribution in [0.2, 0.25) is 10.3 Å². The lowest BCUT2D eigenvalue weighted by molar-refractivity contribution is 0.0814. The van der Waals surface area contributed by atoms with E-state index in [0.717, 1.165) is 7.11 Å². The SMILES string of the molecule is CN(C)C(=O)c1cnc(Cl)cn1.CO.COc1cnc(C(=O)N(C)C)cn1.O=C(Cl)c1cnc(Cl)cn1. The summed E-state index contributed by atoms with van der Waals surface area (Å²) in [5.41, 5.74) is 0.710. The number of rotatable bonds is 4. The van der Waals surface area contributed by atoms with Crippen molar-refractivity contribution >= 4 is 51.9 Å². The molecule has 37 heavy (non-hydrogen) atoms. The normalized spacial score (nSPS) is 9.14. The topological polar surface area (TPSA) is 164 Å². The number of halogens is 3. The average molecular weight is 576 g/mol. The zero-order chi connectivity index (χ0) is 28.5. The van der Waals surface area contributed by atoms with Crippen LogP contribution in [-0.4, -0.2) is 104 Å². The maximum atomic E-state index is 11.3. The standard InChI is InChI=1S/C8H11N3O2.C7H8ClN3O.C5H2Cl2N2O.CH4O/c1-11(2)8(12)6-4-10-7(13-3)5-9-6;1-11(2)7(12)5-3-10-6(8)4-9-5;6-4-2-8-3(1-9-4)5(7)10;1-2/h4-5H,1-3H3;3-4H,1-2H3;1-2H;2H,1H3. The molecule has 0 unspecified atom stereocenters. The average Bonchev–Trinajstić information content (AvgIpc) is 2.90. The first-order valence-electron chi connectivity index (χ1n) is 9.85. The molecule has 0 radical (unpaired) electrons. The van der Waals surface area contributed by atoms with Crippen molar-refractivity contribution in [1.29, 1.82) is 0 Å². The summed E-state index contributed by atoms with van der Waals surface area (Å²) in [4.78, 5) is 58.3. The number of carbonyl (C=O) groups is 3. The number of methoxy groups -OCH3 is 1. The van der Waals surface area contributed by atoms with Crippen molar-refractivity contribution in [3.8, 4) is 5.88 Å². The van der Waals surface area contributed by atoms with E-state index < -0.39 is 5.24 Å². The third-order valence-electron chi connectivity index (χ3n) is 3.53. The Morgan fingerprint density at radius 1 is 0.676 bits per heavy atom. The maximum absolute atomic E-state index is 11.3. The Morgan fingerprint density at radius 2 is 1.05 bits per heavy atom. The van der Waals surface area contributed by atoms with Crippen molar-refractivity contribution in [3.63, 3.8) is 0 Å². The molecule has 3 aromatic rings. The molecule has 0 bridgehead atoms. The van der Waals surface area contributed by atoms with Crippen molar-refractivity contribution in [3.05, 3.63) is 64.6 Å². The first-order valence-corrected chi connectivity index (χ1v) is 11.0. The van der Waals surface area contributed by atoms with Gasteiger partial charge in [0.1, 0.15) is 27.4 Å². The van der Waals surface area contributed by atoms with E-state index in [1.54, 1.807) is 28.2 Å². The fraction of sp³-hybridized carbons (Fsp3) is 0.286. The molecule has 3 aromatic heterocycles. The number of hydrogen-bond acceptors (Lipinski definition) is 11. The van der Waals surface area contributed by atoms with Crippen LogP contribution in [0.1, 0.15) is 31.5 Å². The van der Waals surface area contributed by atoms with E-state index in [1.165, 1.54) is 54.1 Å². The van der Waals surface area contributed by atoms with E-state index in [-0.39, 0.29) is 27.8 Å². The number of amides is 2. The van der Waals surface area contributed by atoms with Crippen LogP contribution in [0.3, 0.4) is 0 Å². The van der Waals surface area contributed by atoms with E-state index in [2.05, 4.69) is 29.9 Å². The monoisotopic (exact) mass is 574 g/mol. The lowest BCUT2D eigenvalue weighted by atomic mass is 10.4. The smallest absolute Gasteiger partial charge is 0.273 e. The third kappa shape index (κ3) is 12.8. The van der Waals surface area contributed by atoms with E-state index in [4.69, 9.17) is 44.6 Å². The minimum absolute atomic E-state index is 0.103. The summed E-state index contributed by atoms with van der Waals surface area (Å²) in [5.74, 6) is 0.0459. The lowest BCUT2D eigenvalue weighted by Gasteiger charge is -2.08. The summed E-state index contributed by atoms with van der Waals surface area (Å²) >= 11 is 16.0. The van der Waals surface area contributed by atoms with Crippen LogP contribution >= 0.6 is 34.8 Å². The Kier molecular flexibility index (Phi) is 16.1. The van der Waals surface area contributed by atoms with E-state index >= 15 is 0 Å². The van der Waals surface area contributed by atoms with Crippen LogP contribution in [0.15, 0.2) is 37.2 Å². The molecule has 0 aliphatic heterocycles. The summed E-state index contributed by atoms with van der Waals surface area (Å²) in [7, 11) is 9.12. The zero-order valence-electron chi connectivity index (χ0n) is 20.8. The lowest BCUT2D eigenvalue weighted by Crippen LogP contribution is -2.22. The van der Waals surface area contributed by atoms with Gasteiger partial charge in [0, 0.05) is 35.3 Å².